The van der Waals surface area contributed by atoms with Crippen LogP contribution in [0.3, 0.4) is 0 Å². The number of aliphatic hydroxyl groups excluding tert-OH is 2. The number of nitriles is 1. The summed E-state index contributed by atoms with van der Waals surface area (Å²) < 4.78 is 10.7. The lowest BCUT2D eigenvalue weighted by Crippen LogP contribution is -2.48. The Morgan fingerprint density at radius 1 is 1.18 bits per heavy atom. The minimum absolute atomic E-state index is 0.0258. The summed E-state index contributed by atoms with van der Waals surface area (Å²) in [6.45, 7) is 5.86. The van der Waals surface area contributed by atoms with E-state index in [1.807, 2.05) is 19.1 Å². The van der Waals surface area contributed by atoms with Crippen molar-refractivity contribution in [2.45, 2.75) is 19.1 Å². The molecular weight excluding hydrogens is 424 g/mol. The molecule has 0 aliphatic carbocycles. The van der Waals surface area contributed by atoms with E-state index in [2.05, 4.69) is 14.8 Å². The van der Waals surface area contributed by atoms with E-state index in [9.17, 15) is 15.0 Å². The van der Waals surface area contributed by atoms with Crippen LogP contribution in [0.15, 0.2) is 24.4 Å². The number of hydrogen-bond donors (Lipinski definition) is 2. The van der Waals surface area contributed by atoms with E-state index in [0.717, 1.165) is 37.3 Å². The number of piperazine rings is 1. The number of β-amino-alcohol motifs (C(OH)–C–C–N with tert-alkyl or cyclic N) is 2. The van der Waals surface area contributed by atoms with Crippen LogP contribution in [-0.2, 0) is 0 Å². The number of carbonyl (C=O) groups excluding carboxylic acids is 1. The molecule has 0 amide bonds. The van der Waals surface area contributed by atoms with Gasteiger partial charge in [0.2, 0.25) is 5.78 Å². The SMILES string of the molecule is COc1cc([C@@H](O)CN2CCN(C[C@H](O)c3ccc4c(c3C)OCC4=O)CC2)ncc1C#N. The van der Waals surface area contributed by atoms with Gasteiger partial charge in [0.05, 0.1) is 24.5 Å². The number of nitrogens with zero attached hydrogens (tertiary/aromatic N) is 4. The third-order valence-electron chi connectivity index (χ3n) is 6.35. The number of benzene rings is 1. The Morgan fingerprint density at radius 2 is 1.85 bits per heavy atom. The molecule has 174 valence electrons. The van der Waals surface area contributed by atoms with Crippen LogP contribution >= 0.6 is 0 Å². The molecule has 9 nitrogen and oxygen atoms in total. The average molecular weight is 453 g/mol. The fourth-order valence-electron chi connectivity index (χ4n) is 4.41. The number of fused-ring (bicyclic) bond motifs is 1. The Bertz CT molecular complexity index is 1080. The van der Waals surface area contributed by atoms with E-state index in [0.29, 0.717) is 41.4 Å². The minimum Gasteiger partial charge on any atom is -0.495 e. The lowest BCUT2D eigenvalue weighted by molar-refractivity contribution is 0.0470. The number of hydrogen-bond acceptors (Lipinski definition) is 9. The third-order valence-corrected chi connectivity index (χ3v) is 6.35. The van der Waals surface area contributed by atoms with Gasteiger partial charge in [0.1, 0.15) is 29.2 Å². The molecule has 0 radical (unpaired) electrons. The summed E-state index contributed by atoms with van der Waals surface area (Å²) >= 11 is 0. The van der Waals surface area contributed by atoms with Crippen molar-refractivity contribution < 1.29 is 24.5 Å². The van der Waals surface area contributed by atoms with Gasteiger partial charge in [0.15, 0.2) is 6.61 Å². The zero-order valence-electron chi connectivity index (χ0n) is 18.8. The van der Waals surface area contributed by atoms with Gasteiger partial charge in [-0.25, -0.2) is 0 Å². The van der Waals surface area contributed by atoms with E-state index in [1.165, 1.54) is 13.3 Å². The Morgan fingerprint density at radius 3 is 2.48 bits per heavy atom. The van der Waals surface area contributed by atoms with Gasteiger partial charge < -0.3 is 19.7 Å². The molecule has 0 bridgehead atoms. The zero-order chi connectivity index (χ0) is 23.5. The van der Waals surface area contributed by atoms with Crippen molar-refractivity contribution in [3.05, 3.63) is 52.3 Å². The van der Waals surface area contributed by atoms with Crippen LogP contribution in [-0.4, -0.2) is 83.8 Å². The smallest absolute Gasteiger partial charge is 0.203 e. The first-order valence-electron chi connectivity index (χ1n) is 11.0. The van der Waals surface area contributed by atoms with Gasteiger partial charge in [0, 0.05) is 51.5 Å². The molecule has 2 atom stereocenters. The first kappa shape index (κ1) is 23.1. The number of aromatic nitrogens is 1. The Balaban J connectivity index is 1.31. The number of ketones is 1. The lowest BCUT2D eigenvalue weighted by atomic mass is 9.98. The van der Waals surface area contributed by atoms with Crippen LogP contribution in [0.25, 0.3) is 0 Å². The van der Waals surface area contributed by atoms with Crippen LogP contribution in [0, 0.1) is 18.3 Å². The van der Waals surface area contributed by atoms with Crippen molar-refractivity contribution >= 4 is 5.78 Å². The second kappa shape index (κ2) is 9.85. The van der Waals surface area contributed by atoms with Crippen LogP contribution < -0.4 is 9.47 Å². The van der Waals surface area contributed by atoms with Gasteiger partial charge in [-0.15, -0.1) is 0 Å². The first-order valence-corrected chi connectivity index (χ1v) is 11.0. The van der Waals surface area contributed by atoms with Crippen molar-refractivity contribution in [1.29, 1.82) is 5.26 Å². The maximum atomic E-state index is 11.8. The molecular formula is C24H28N4O5. The summed E-state index contributed by atoms with van der Waals surface area (Å²) in [5, 5.41) is 30.5. The number of pyridine rings is 1. The largest absolute Gasteiger partial charge is 0.495 e. The lowest BCUT2D eigenvalue weighted by Gasteiger charge is -2.36. The second-order valence-corrected chi connectivity index (χ2v) is 8.42. The van der Waals surface area contributed by atoms with E-state index in [1.54, 1.807) is 12.1 Å². The monoisotopic (exact) mass is 452 g/mol. The average Bonchev–Trinajstić information content (AvgIpc) is 3.21. The van der Waals surface area contributed by atoms with Gasteiger partial charge in [-0.1, -0.05) is 6.07 Å². The topological polar surface area (TPSA) is 119 Å². The van der Waals surface area contributed by atoms with Crippen molar-refractivity contribution in [2.24, 2.45) is 0 Å². The quantitative estimate of drug-likeness (QED) is 0.639. The highest BCUT2D eigenvalue weighted by molar-refractivity contribution is 6.02. The number of ether oxygens (including phenoxy) is 2. The number of aliphatic hydroxyl groups is 2. The van der Waals surface area contributed by atoms with Crippen molar-refractivity contribution in [3.63, 3.8) is 0 Å². The van der Waals surface area contributed by atoms with Crippen LogP contribution in [0.2, 0.25) is 0 Å². The predicted molar refractivity (Wildman–Crippen MR) is 119 cm³/mol. The predicted octanol–water partition coefficient (Wildman–Crippen LogP) is 1.23. The molecule has 0 saturated carbocycles. The Hall–Kier alpha value is -3.03. The summed E-state index contributed by atoms with van der Waals surface area (Å²) in [7, 11) is 1.48. The van der Waals surface area contributed by atoms with E-state index < -0.39 is 12.2 Å². The molecule has 2 aliphatic heterocycles. The molecule has 1 fully saturated rings. The zero-order valence-corrected chi connectivity index (χ0v) is 18.8. The van der Waals surface area contributed by atoms with Crippen molar-refractivity contribution in [2.75, 3.05) is 53.0 Å². The highest BCUT2D eigenvalue weighted by Crippen LogP contribution is 2.34. The number of rotatable bonds is 7. The Kier molecular flexibility index (Phi) is 6.91. The summed E-state index contributed by atoms with van der Waals surface area (Å²) in [6, 6.07) is 7.17. The molecule has 1 aromatic carbocycles. The summed E-state index contributed by atoms with van der Waals surface area (Å²) in [6.07, 6.45) is -0.0545. The van der Waals surface area contributed by atoms with Crippen LogP contribution in [0.4, 0.5) is 0 Å². The van der Waals surface area contributed by atoms with Gasteiger partial charge in [0.25, 0.3) is 0 Å². The number of carbonyl (C=O) groups is 1. The Labute approximate surface area is 192 Å². The van der Waals surface area contributed by atoms with Crippen molar-refractivity contribution in [1.82, 2.24) is 14.8 Å². The highest BCUT2D eigenvalue weighted by Gasteiger charge is 2.28. The molecule has 0 spiro atoms. The highest BCUT2D eigenvalue weighted by atomic mass is 16.5. The number of Topliss-reactive ketones (excluding diaryl/α,β-unsaturated/α-hetero) is 1. The first-order chi connectivity index (χ1) is 15.9. The van der Waals surface area contributed by atoms with Gasteiger partial charge in [-0.3, -0.25) is 19.6 Å². The standard InChI is InChI=1S/C24H28N4O5/c1-15-17(3-4-18-22(31)14-33-24(15)18)20(29)12-27-5-7-28(8-6-27)13-21(30)19-9-23(32-2)16(10-25)11-26-19/h3-4,9,11,20-21,29-30H,5-8,12-14H2,1-2H3/t20-,21-/m0/s1. The van der Waals surface area contributed by atoms with Gasteiger partial charge in [-0.2, -0.15) is 5.26 Å². The number of methoxy groups -OCH3 is 1. The molecule has 2 aliphatic rings. The summed E-state index contributed by atoms with van der Waals surface area (Å²) in [4.78, 5) is 20.4. The molecule has 2 N–H and O–H groups in total. The molecule has 1 saturated heterocycles. The minimum atomic E-state index is -0.791. The van der Waals surface area contributed by atoms with E-state index >= 15 is 0 Å². The molecule has 1 aromatic heterocycles. The fourth-order valence-corrected chi connectivity index (χ4v) is 4.41. The van der Waals surface area contributed by atoms with Gasteiger partial charge in [-0.05, 0) is 24.1 Å². The summed E-state index contributed by atoms with van der Waals surface area (Å²) in [5.41, 5.74) is 2.99. The maximum Gasteiger partial charge on any atom is 0.203 e. The maximum absolute atomic E-state index is 11.8. The molecule has 2 aromatic rings. The summed E-state index contributed by atoms with van der Waals surface area (Å²) in [5.74, 6) is 0.961. The third kappa shape index (κ3) is 4.84. The van der Waals surface area contributed by atoms with E-state index in [4.69, 9.17) is 14.7 Å². The fraction of sp³-hybridized carbons (Fsp3) is 0.458. The molecule has 0 unspecified atom stereocenters. The van der Waals surface area contributed by atoms with Crippen LogP contribution in [0.5, 0.6) is 11.5 Å². The molecule has 3 heterocycles. The molecule has 9 heteroatoms. The van der Waals surface area contributed by atoms with Crippen LogP contribution in [0.1, 0.15) is 45.0 Å². The second-order valence-electron chi connectivity index (χ2n) is 8.42. The van der Waals surface area contributed by atoms with Gasteiger partial charge >= 0.3 is 0 Å². The molecule has 33 heavy (non-hydrogen) atoms. The van der Waals surface area contributed by atoms with Crippen molar-refractivity contribution in [3.8, 4) is 17.6 Å². The molecule has 4 rings (SSSR count). The van der Waals surface area contributed by atoms with E-state index in [-0.39, 0.29) is 12.4 Å². The normalized spacial score (nSPS) is 18.3.